The quantitative estimate of drug-likeness (QED) is 0.840. The van der Waals surface area contributed by atoms with Gasteiger partial charge in [0, 0.05) is 23.6 Å². The molecular formula is C18H25NO2. The third-order valence-electron chi connectivity index (χ3n) is 3.68. The van der Waals surface area contributed by atoms with E-state index in [0.717, 1.165) is 11.1 Å². The summed E-state index contributed by atoms with van der Waals surface area (Å²) in [6, 6.07) is 5.63. The molecule has 2 N–H and O–H groups in total. The van der Waals surface area contributed by atoms with Gasteiger partial charge >= 0.3 is 0 Å². The molecule has 1 atom stereocenters. The molecule has 3 heteroatoms. The van der Waals surface area contributed by atoms with E-state index in [4.69, 9.17) is 5.11 Å². The lowest BCUT2D eigenvalue weighted by molar-refractivity contribution is 0.0909. The van der Waals surface area contributed by atoms with Gasteiger partial charge in [-0.2, -0.15) is 0 Å². The maximum atomic E-state index is 12.4. The number of nitrogens with one attached hydrogen (secondary N) is 1. The summed E-state index contributed by atoms with van der Waals surface area (Å²) < 4.78 is 0. The lowest BCUT2D eigenvalue weighted by Gasteiger charge is -2.28. The Morgan fingerprint density at radius 2 is 2.05 bits per heavy atom. The summed E-state index contributed by atoms with van der Waals surface area (Å²) in [5.74, 6) is 5.83. The predicted octanol–water partition coefficient (Wildman–Crippen LogP) is 2.89. The van der Waals surface area contributed by atoms with Gasteiger partial charge in [-0.25, -0.2) is 0 Å². The molecule has 1 unspecified atom stereocenters. The number of aliphatic hydroxyl groups is 1. The Balaban J connectivity index is 2.97. The van der Waals surface area contributed by atoms with Crippen LogP contribution < -0.4 is 5.32 Å². The van der Waals surface area contributed by atoms with E-state index in [1.165, 1.54) is 0 Å². The minimum atomic E-state index is -0.0688. The second-order valence-electron chi connectivity index (χ2n) is 6.31. The first-order valence-corrected chi connectivity index (χ1v) is 7.27. The van der Waals surface area contributed by atoms with Crippen molar-refractivity contribution in [3.8, 4) is 11.8 Å². The van der Waals surface area contributed by atoms with Gasteiger partial charge in [-0.05, 0) is 37.0 Å². The van der Waals surface area contributed by atoms with Gasteiger partial charge in [-0.3, -0.25) is 4.79 Å². The number of benzene rings is 1. The summed E-state index contributed by atoms with van der Waals surface area (Å²) in [4.78, 5) is 12.4. The second-order valence-corrected chi connectivity index (χ2v) is 6.31. The Kier molecular flexibility index (Phi) is 5.99. The molecule has 0 saturated carbocycles. The summed E-state index contributed by atoms with van der Waals surface area (Å²) in [5, 5.41) is 11.8. The van der Waals surface area contributed by atoms with Crippen molar-refractivity contribution < 1.29 is 9.90 Å². The molecule has 1 rings (SSSR count). The van der Waals surface area contributed by atoms with Gasteiger partial charge in [0.2, 0.25) is 0 Å². The van der Waals surface area contributed by atoms with Crippen LogP contribution in [-0.4, -0.2) is 23.7 Å². The normalized spacial score (nSPS) is 12.3. The number of carbonyl (C=O) groups is 1. The van der Waals surface area contributed by atoms with Crippen molar-refractivity contribution in [3.63, 3.8) is 0 Å². The van der Waals surface area contributed by atoms with E-state index in [9.17, 15) is 4.79 Å². The van der Waals surface area contributed by atoms with Crippen LogP contribution in [0.15, 0.2) is 18.2 Å². The Morgan fingerprint density at radius 3 is 2.62 bits per heavy atom. The minimum Gasteiger partial charge on any atom is -0.395 e. The fourth-order valence-corrected chi connectivity index (χ4v) is 1.72. The third kappa shape index (κ3) is 4.91. The first kappa shape index (κ1) is 17.3. The van der Waals surface area contributed by atoms with Crippen molar-refractivity contribution in [1.29, 1.82) is 0 Å². The van der Waals surface area contributed by atoms with E-state index in [1.807, 2.05) is 32.0 Å². The maximum Gasteiger partial charge on any atom is 0.251 e. The van der Waals surface area contributed by atoms with Crippen LogP contribution in [0.3, 0.4) is 0 Å². The molecule has 0 aliphatic heterocycles. The topological polar surface area (TPSA) is 49.3 Å². The Morgan fingerprint density at radius 1 is 1.38 bits per heavy atom. The third-order valence-corrected chi connectivity index (χ3v) is 3.68. The van der Waals surface area contributed by atoms with E-state index in [1.54, 1.807) is 0 Å². The summed E-state index contributed by atoms with van der Waals surface area (Å²) in [7, 11) is 0. The van der Waals surface area contributed by atoms with E-state index >= 15 is 0 Å². The predicted molar refractivity (Wildman–Crippen MR) is 86.1 cm³/mol. The molecule has 0 radical (unpaired) electrons. The minimum absolute atomic E-state index is 0.0160. The molecule has 0 fully saturated rings. The molecule has 0 spiro atoms. The summed E-state index contributed by atoms with van der Waals surface area (Å²) in [6.45, 7) is 10.3. The average molecular weight is 287 g/mol. The number of rotatable bonds is 3. The van der Waals surface area contributed by atoms with Gasteiger partial charge in [0.15, 0.2) is 0 Å². The van der Waals surface area contributed by atoms with E-state index in [-0.39, 0.29) is 24.0 Å². The molecule has 0 aliphatic carbocycles. The van der Waals surface area contributed by atoms with Crippen molar-refractivity contribution >= 4 is 5.91 Å². The molecule has 1 amide bonds. The molecule has 0 aliphatic rings. The first-order valence-electron chi connectivity index (χ1n) is 7.27. The van der Waals surface area contributed by atoms with Crippen molar-refractivity contribution in [3.05, 3.63) is 34.9 Å². The standard InChI is InChI=1S/C18H25NO2/c1-13-15(9-6-7-12-20)10-8-11-16(13)17(21)19-14(2)18(3,4)5/h8,10-11,14,20H,7,12H2,1-5H3,(H,19,21). The smallest absolute Gasteiger partial charge is 0.251 e. The number of hydrogen-bond acceptors (Lipinski definition) is 2. The van der Waals surface area contributed by atoms with Crippen molar-refractivity contribution in [1.82, 2.24) is 5.32 Å². The summed E-state index contributed by atoms with van der Waals surface area (Å²) in [6.07, 6.45) is 0.441. The fourth-order valence-electron chi connectivity index (χ4n) is 1.72. The van der Waals surface area contributed by atoms with Crippen LogP contribution in [0.5, 0.6) is 0 Å². The van der Waals surface area contributed by atoms with Gasteiger partial charge in [0.05, 0.1) is 6.61 Å². The van der Waals surface area contributed by atoms with E-state index in [0.29, 0.717) is 12.0 Å². The van der Waals surface area contributed by atoms with E-state index < -0.39 is 0 Å². The van der Waals surface area contributed by atoms with Crippen LogP contribution >= 0.6 is 0 Å². The molecule has 0 heterocycles. The highest BCUT2D eigenvalue weighted by Gasteiger charge is 2.22. The molecule has 0 bridgehead atoms. The van der Waals surface area contributed by atoms with E-state index in [2.05, 4.69) is 37.9 Å². The van der Waals surface area contributed by atoms with Crippen LogP contribution in [-0.2, 0) is 0 Å². The number of amides is 1. The zero-order valence-electron chi connectivity index (χ0n) is 13.6. The highest BCUT2D eigenvalue weighted by atomic mass is 16.2. The number of aliphatic hydroxyl groups excluding tert-OH is 1. The lowest BCUT2D eigenvalue weighted by Crippen LogP contribution is -2.41. The van der Waals surface area contributed by atoms with Crippen molar-refractivity contribution in [2.75, 3.05) is 6.61 Å². The molecule has 0 aromatic heterocycles. The Bertz CT molecular complexity index is 559. The van der Waals surface area contributed by atoms with Crippen molar-refractivity contribution in [2.24, 2.45) is 5.41 Å². The Hall–Kier alpha value is -1.79. The van der Waals surface area contributed by atoms with Crippen molar-refractivity contribution in [2.45, 2.75) is 47.1 Å². The van der Waals surface area contributed by atoms with Gasteiger partial charge in [0.25, 0.3) is 5.91 Å². The average Bonchev–Trinajstić information content (AvgIpc) is 2.39. The molecule has 21 heavy (non-hydrogen) atoms. The Labute approximate surface area is 127 Å². The first-order chi connectivity index (χ1) is 9.77. The van der Waals surface area contributed by atoms with Gasteiger partial charge in [-0.1, -0.05) is 38.7 Å². The summed E-state index contributed by atoms with van der Waals surface area (Å²) >= 11 is 0. The molecule has 1 aromatic rings. The molecule has 3 nitrogen and oxygen atoms in total. The summed E-state index contributed by atoms with van der Waals surface area (Å²) in [5.41, 5.74) is 2.38. The zero-order valence-corrected chi connectivity index (χ0v) is 13.6. The zero-order chi connectivity index (χ0) is 16.0. The largest absolute Gasteiger partial charge is 0.395 e. The van der Waals surface area contributed by atoms with Crippen LogP contribution in [0, 0.1) is 24.2 Å². The molecule has 114 valence electrons. The van der Waals surface area contributed by atoms with Crippen LogP contribution in [0.25, 0.3) is 0 Å². The molecule has 0 saturated heterocycles. The monoisotopic (exact) mass is 287 g/mol. The second kappa shape index (κ2) is 7.28. The lowest BCUT2D eigenvalue weighted by atomic mass is 9.88. The van der Waals surface area contributed by atoms with Crippen LogP contribution in [0.1, 0.15) is 55.6 Å². The highest BCUT2D eigenvalue weighted by Crippen LogP contribution is 2.20. The maximum absolute atomic E-state index is 12.4. The highest BCUT2D eigenvalue weighted by molar-refractivity contribution is 5.96. The molecular weight excluding hydrogens is 262 g/mol. The number of hydrogen-bond donors (Lipinski definition) is 2. The van der Waals surface area contributed by atoms with Gasteiger partial charge < -0.3 is 10.4 Å². The molecule has 1 aromatic carbocycles. The van der Waals surface area contributed by atoms with Gasteiger partial charge in [-0.15, -0.1) is 0 Å². The van der Waals surface area contributed by atoms with Crippen LogP contribution in [0.2, 0.25) is 0 Å². The van der Waals surface area contributed by atoms with Gasteiger partial charge in [0.1, 0.15) is 0 Å². The number of carbonyl (C=O) groups excluding carboxylic acids is 1. The fraction of sp³-hybridized carbons (Fsp3) is 0.500. The van der Waals surface area contributed by atoms with Crippen LogP contribution in [0.4, 0.5) is 0 Å². The SMILES string of the molecule is Cc1c(C#CCCO)cccc1C(=O)NC(C)C(C)(C)C.